The Morgan fingerprint density at radius 2 is 1.92 bits per heavy atom. The van der Waals surface area contributed by atoms with E-state index >= 15 is 0 Å². The van der Waals surface area contributed by atoms with Gasteiger partial charge in [0.2, 0.25) is 5.91 Å². The molecule has 0 spiro atoms. The number of hydrogen-bond donors (Lipinski definition) is 1. The maximum absolute atomic E-state index is 11.9. The molecule has 0 saturated heterocycles. The Kier molecular flexibility index (Phi) is 8.41. The number of thioether (sulfide) groups is 2. The standard InChI is InChI=1S/C16H22N4OS3/c1-3-22-15-18-19-16(24-15)23-12-14(21)17-10-7-11-20(2)13-8-5-4-6-9-13/h4-6,8-9H,3,7,10-12H2,1-2H3,(H,17,21). The molecule has 0 aliphatic heterocycles. The number of nitrogens with one attached hydrogen (secondary N) is 1. The van der Waals surface area contributed by atoms with Crippen molar-refractivity contribution in [1.82, 2.24) is 15.5 Å². The van der Waals surface area contributed by atoms with Crippen LogP contribution in [0.4, 0.5) is 5.69 Å². The van der Waals surface area contributed by atoms with Crippen molar-refractivity contribution in [1.29, 1.82) is 0 Å². The van der Waals surface area contributed by atoms with E-state index in [-0.39, 0.29) is 5.91 Å². The van der Waals surface area contributed by atoms with Gasteiger partial charge in [-0.3, -0.25) is 4.79 Å². The lowest BCUT2D eigenvalue weighted by atomic mass is 10.3. The molecule has 130 valence electrons. The summed E-state index contributed by atoms with van der Waals surface area (Å²) in [6.45, 7) is 3.68. The average Bonchev–Trinajstić information content (AvgIpc) is 3.05. The summed E-state index contributed by atoms with van der Waals surface area (Å²) in [4.78, 5) is 14.1. The van der Waals surface area contributed by atoms with Crippen molar-refractivity contribution in [2.24, 2.45) is 0 Å². The molecule has 0 saturated carbocycles. The molecule has 1 heterocycles. The van der Waals surface area contributed by atoms with Crippen LogP contribution in [0.3, 0.4) is 0 Å². The second-order valence-electron chi connectivity index (χ2n) is 5.02. The minimum atomic E-state index is 0.0438. The highest BCUT2D eigenvalue weighted by molar-refractivity contribution is 8.03. The smallest absolute Gasteiger partial charge is 0.230 e. The SMILES string of the molecule is CCSc1nnc(SCC(=O)NCCCN(C)c2ccccc2)s1. The molecular weight excluding hydrogens is 360 g/mol. The summed E-state index contributed by atoms with van der Waals surface area (Å²) in [7, 11) is 2.06. The highest BCUT2D eigenvalue weighted by Crippen LogP contribution is 2.28. The van der Waals surface area contributed by atoms with Crippen LogP contribution in [0.2, 0.25) is 0 Å². The first-order valence-corrected chi connectivity index (χ1v) is 10.6. The van der Waals surface area contributed by atoms with Gasteiger partial charge in [0.15, 0.2) is 8.68 Å². The second kappa shape index (κ2) is 10.6. The monoisotopic (exact) mass is 382 g/mol. The molecule has 0 atom stereocenters. The van der Waals surface area contributed by atoms with E-state index < -0.39 is 0 Å². The predicted molar refractivity (Wildman–Crippen MR) is 104 cm³/mol. The lowest BCUT2D eigenvalue weighted by Crippen LogP contribution is -2.29. The lowest BCUT2D eigenvalue weighted by Gasteiger charge is -2.19. The lowest BCUT2D eigenvalue weighted by molar-refractivity contribution is -0.118. The van der Waals surface area contributed by atoms with E-state index in [4.69, 9.17) is 0 Å². The summed E-state index contributed by atoms with van der Waals surface area (Å²) in [5.74, 6) is 1.42. The minimum absolute atomic E-state index is 0.0438. The molecule has 1 aromatic carbocycles. The fraction of sp³-hybridized carbons (Fsp3) is 0.438. The number of amides is 1. The first-order chi connectivity index (χ1) is 11.7. The summed E-state index contributed by atoms with van der Waals surface area (Å²) < 4.78 is 1.81. The Morgan fingerprint density at radius 3 is 2.62 bits per heavy atom. The molecule has 5 nitrogen and oxygen atoms in total. The van der Waals surface area contributed by atoms with Crippen molar-refractivity contribution < 1.29 is 4.79 Å². The van der Waals surface area contributed by atoms with Gasteiger partial charge in [-0.2, -0.15) is 0 Å². The number of benzene rings is 1. The van der Waals surface area contributed by atoms with Crippen molar-refractivity contribution in [2.75, 3.05) is 36.5 Å². The summed E-state index contributed by atoms with van der Waals surface area (Å²) in [6, 6.07) is 10.2. The van der Waals surface area contributed by atoms with Crippen molar-refractivity contribution >= 4 is 46.5 Å². The highest BCUT2D eigenvalue weighted by Gasteiger charge is 2.08. The van der Waals surface area contributed by atoms with Crippen LogP contribution < -0.4 is 10.2 Å². The number of hydrogen-bond acceptors (Lipinski definition) is 7. The van der Waals surface area contributed by atoms with Gasteiger partial charge >= 0.3 is 0 Å². The summed E-state index contributed by atoms with van der Waals surface area (Å²) >= 11 is 4.67. The fourth-order valence-electron chi connectivity index (χ4n) is 1.97. The topological polar surface area (TPSA) is 58.1 Å². The molecule has 24 heavy (non-hydrogen) atoms. The molecule has 1 aromatic heterocycles. The number of anilines is 1. The number of carbonyl (C=O) groups excluding carboxylic acids is 1. The third-order valence-electron chi connectivity index (χ3n) is 3.17. The van der Waals surface area contributed by atoms with Crippen LogP contribution in [-0.2, 0) is 4.79 Å². The van der Waals surface area contributed by atoms with Crippen LogP contribution in [-0.4, -0.2) is 47.7 Å². The molecule has 8 heteroatoms. The molecule has 0 fully saturated rings. The van der Waals surface area contributed by atoms with Gasteiger partial charge in [-0.1, -0.05) is 60.0 Å². The predicted octanol–water partition coefficient (Wildman–Crippen LogP) is 3.38. The second-order valence-corrected chi connectivity index (χ2v) is 8.73. The third-order valence-corrected chi connectivity index (χ3v) is 6.24. The maximum atomic E-state index is 11.9. The van der Waals surface area contributed by atoms with E-state index in [0.29, 0.717) is 12.3 Å². The molecule has 0 unspecified atom stereocenters. The molecule has 2 rings (SSSR count). The largest absolute Gasteiger partial charge is 0.375 e. The van der Waals surface area contributed by atoms with E-state index in [1.165, 1.54) is 17.4 Å². The zero-order valence-corrected chi connectivity index (χ0v) is 16.3. The van der Waals surface area contributed by atoms with Crippen LogP contribution in [0.15, 0.2) is 39.0 Å². The van der Waals surface area contributed by atoms with Crippen LogP contribution in [0, 0.1) is 0 Å². The quantitative estimate of drug-likeness (QED) is 0.502. The fourth-order valence-corrected chi connectivity index (χ4v) is 4.72. The zero-order chi connectivity index (χ0) is 17.2. The van der Waals surface area contributed by atoms with E-state index in [1.54, 1.807) is 23.1 Å². The summed E-state index contributed by atoms with van der Waals surface area (Å²) in [6.07, 6.45) is 0.915. The number of aromatic nitrogens is 2. The first-order valence-electron chi connectivity index (χ1n) is 7.81. The number of carbonyl (C=O) groups is 1. The van der Waals surface area contributed by atoms with Gasteiger partial charge in [-0.05, 0) is 24.3 Å². The van der Waals surface area contributed by atoms with Crippen LogP contribution in [0.25, 0.3) is 0 Å². The first kappa shape index (κ1) is 19.1. The molecule has 1 amide bonds. The van der Waals surface area contributed by atoms with Crippen molar-refractivity contribution in [3.05, 3.63) is 30.3 Å². The normalized spacial score (nSPS) is 10.6. The van der Waals surface area contributed by atoms with Crippen LogP contribution in [0.1, 0.15) is 13.3 Å². The third kappa shape index (κ3) is 6.70. The van der Waals surface area contributed by atoms with Crippen molar-refractivity contribution in [3.63, 3.8) is 0 Å². The molecule has 0 radical (unpaired) electrons. The molecule has 0 aliphatic carbocycles. The Balaban J connectivity index is 1.59. The van der Waals surface area contributed by atoms with Gasteiger partial charge in [-0.15, -0.1) is 10.2 Å². The molecule has 0 bridgehead atoms. The number of rotatable bonds is 10. The van der Waals surface area contributed by atoms with Crippen molar-refractivity contribution in [3.8, 4) is 0 Å². The molecule has 2 aromatic rings. The number of nitrogens with zero attached hydrogens (tertiary/aromatic N) is 3. The number of para-hydroxylation sites is 1. The minimum Gasteiger partial charge on any atom is -0.375 e. The summed E-state index contributed by atoms with van der Waals surface area (Å²) in [5, 5.41) is 11.1. The van der Waals surface area contributed by atoms with Gasteiger partial charge in [0.05, 0.1) is 5.75 Å². The van der Waals surface area contributed by atoms with Gasteiger partial charge in [-0.25, -0.2) is 0 Å². The van der Waals surface area contributed by atoms with E-state index in [0.717, 1.165) is 27.4 Å². The Hall–Kier alpha value is -1.25. The molecular formula is C16H22N4OS3. The van der Waals surface area contributed by atoms with Crippen molar-refractivity contribution in [2.45, 2.75) is 22.0 Å². The van der Waals surface area contributed by atoms with E-state index in [1.807, 2.05) is 18.2 Å². The van der Waals surface area contributed by atoms with Gasteiger partial charge in [0, 0.05) is 25.8 Å². The van der Waals surface area contributed by atoms with Gasteiger partial charge in [0.1, 0.15) is 0 Å². The maximum Gasteiger partial charge on any atom is 0.230 e. The molecule has 0 aliphatic rings. The zero-order valence-electron chi connectivity index (χ0n) is 13.9. The van der Waals surface area contributed by atoms with Gasteiger partial charge < -0.3 is 10.2 Å². The molecule has 1 N–H and O–H groups in total. The van der Waals surface area contributed by atoms with Gasteiger partial charge in [0.25, 0.3) is 0 Å². The Bertz CT molecular complexity index is 621. The average molecular weight is 383 g/mol. The Labute approximate surface area is 155 Å². The van der Waals surface area contributed by atoms with Crippen LogP contribution >= 0.6 is 34.9 Å². The van der Waals surface area contributed by atoms with Crippen LogP contribution in [0.5, 0.6) is 0 Å². The highest BCUT2D eigenvalue weighted by atomic mass is 32.2. The summed E-state index contributed by atoms with van der Waals surface area (Å²) in [5.41, 5.74) is 1.19. The van der Waals surface area contributed by atoms with E-state index in [9.17, 15) is 4.79 Å². The Morgan fingerprint density at radius 1 is 1.21 bits per heavy atom. The van der Waals surface area contributed by atoms with E-state index in [2.05, 4.69) is 46.5 Å².